The smallest absolute Gasteiger partial charge is 0.161 e. The van der Waals surface area contributed by atoms with Gasteiger partial charge in [-0.05, 0) is 25.7 Å². The number of ketones is 1. The first-order valence-electron chi connectivity index (χ1n) is 4.78. The van der Waals surface area contributed by atoms with Crippen LogP contribution in [0.3, 0.4) is 0 Å². The van der Waals surface area contributed by atoms with Gasteiger partial charge in [-0.15, -0.1) is 6.58 Å². The van der Waals surface area contributed by atoms with E-state index in [-0.39, 0.29) is 5.78 Å². The molecule has 0 saturated heterocycles. The minimum absolute atomic E-state index is 0.114. The predicted octanol–water partition coefficient (Wildman–Crippen LogP) is 1.99. The van der Waals surface area contributed by atoms with Gasteiger partial charge in [0.1, 0.15) is 0 Å². The van der Waals surface area contributed by atoms with E-state index in [1.807, 2.05) is 6.08 Å². The molecule has 0 bridgehead atoms. The fourth-order valence-electron chi connectivity index (χ4n) is 1.53. The Morgan fingerprint density at radius 3 is 3.08 bits per heavy atom. The van der Waals surface area contributed by atoms with Crippen molar-refractivity contribution in [1.82, 2.24) is 0 Å². The number of carbonyl (C=O) groups excluding carboxylic acids is 1. The van der Waals surface area contributed by atoms with Gasteiger partial charge in [0, 0.05) is 12.0 Å². The van der Waals surface area contributed by atoms with Crippen molar-refractivity contribution in [3.8, 4) is 0 Å². The summed E-state index contributed by atoms with van der Waals surface area (Å²) in [7, 11) is 0. The highest BCUT2D eigenvalue weighted by molar-refractivity contribution is 5.96. The van der Waals surface area contributed by atoms with Crippen molar-refractivity contribution < 1.29 is 9.90 Å². The molecular weight excluding hydrogens is 164 g/mol. The molecule has 0 aliphatic heterocycles. The maximum Gasteiger partial charge on any atom is 0.161 e. The minimum atomic E-state index is -0.578. The summed E-state index contributed by atoms with van der Waals surface area (Å²) in [6.07, 6.45) is 6.87. The molecule has 13 heavy (non-hydrogen) atoms. The van der Waals surface area contributed by atoms with Crippen LogP contribution in [0.25, 0.3) is 0 Å². The molecule has 1 atom stereocenters. The second-order valence-electron chi connectivity index (χ2n) is 3.36. The molecule has 1 N–H and O–H groups in total. The van der Waals surface area contributed by atoms with Crippen molar-refractivity contribution in [2.45, 2.75) is 38.2 Å². The standard InChI is InChI=1S/C11H16O2/c1-2-3-7-10(12)9-6-4-5-8-11(9)13/h2,6,10,12H,1,3-5,7-8H2/t10-/m0/s1. The van der Waals surface area contributed by atoms with E-state index >= 15 is 0 Å². The number of rotatable bonds is 4. The Kier molecular flexibility index (Phi) is 3.90. The van der Waals surface area contributed by atoms with E-state index in [9.17, 15) is 9.90 Å². The monoisotopic (exact) mass is 180 g/mol. The fraction of sp³-hybridized carbons (Fsp3) is 0.545. The molecule has 2 heteroatoms. The SMILES string of the molecule is C=CCC[C@H](O)C1=CCCCC1=O. The van der Waals surface area contributed by atoms with Gasteiger partial charge in [-0.25, -0.2) is 0 Å². The summed E-state index contributed by atoms with van der Waals surface area (Å²) in [6, 6.07) is 0. The molecule has 0 saturated carbocycles. The summed E-state index contributed by atoms with van der Waals surface area (Å²) in [5, 5.41) is 9.64. The number of hydrogen-bond acceptors (Lipinski definition) is 2. The molecule has 0 aromatic carbocycles. The number of allylic oxidation sites excluding steroid dienone is 2. The lowest BCUT2D eigenvalue weighted by Gasteiger charge is -2.16. The molecule has 0 fully saturated rings. The van der Waals surface area contributed by atoms with E-state index < -0.39 is 6.10 Å². The first kappa shape index (κ1) is 10.2. The van der Waals surface area contributed by atoms with Crippen molar-refractivity contribution in [2.24, 2.45) is 0 Å². The van der Waals surface area contributed by atoms with E-state index in [2.05, 4.69) is 6.58 Å². The lowest BCUT2D eigenvalue weighted by atomic mass is 9.92. The van der Waals surface area contributed by atoms with E-state index in [1.165, 1.54) is 0 Å². The fourth-order valence-corrected chi connectivity index (χ4v) is 1.53. The van der Waals surface area contributed by atoms with Crippen LogP contribution in [0.1, 0.15) is 32.1 Å². The van der Waals surface area contributed by atoms with Gasteiger partial charge < -0.3 is 5.11 Å². The van der Waals surface area contributed by atoms with E-state index in [0.29, 0.717) is 18.4 Å². The second-order valence-corrected chi connectivity index (χ2v) is 3.36. The molecule has 0 spiro atoms. The van der Waals surface area contributed by atoms with Crippen molar-refractivity contribution in [3.63, 3.8) is 0 Å². The summed E-state index contributed by atoms with van der Waals surface area (Å²) in [5.74, 6) is 0.114. The van der Waals surface area contributed by atoms with Crippen LogP contribution in [-0.2, 0) is 4.79 Å². The Labute approximate surface area is 79.0 Å². The van der Waals surface area contributed by atoms with E-state index in [1.54, 1.807) is 6.08 Å². The second kappa shape index (κ2) is 4.97. The van der Waals surface area contributed by atoms with Crippen LogP contribution in [0.15, 0.2) is 24.3 Å². The molecule has 1 aliphatic carbocycles. The topological polar surface area (TPSA) is 37.3 Å². The maximum atomic E-state index is 11.3. The third kappa shape index (κ3) is 2.81. The molecule has 0 heterocycles. The highest BCUT2D eigenvalue weighted by atomic mass is 16.3. The van der Waals surface area contributed by atoms with E-state index in [4.69, 9.17) is 0 Å². The molecule has 1 aliphatic rings. The van der Waals surface area contributed by atoms with Crippen molar-refractivity contribution in [2.75, 3.05) is 0 Å². The van der Waals surface area contributed by atoms with Gasteiger partial charge in [0.05, 0.1) is 6.10 Å². The number of Topliss-reactive ketones (excluding diaryl/α,β-unsaturated/α-hetero) is 1. The molecule has 0 aromatic heterocycles. The van der Waals surface area contributed by atoms with Gasteiger partial charge in [-0.3, -0.25) is 4.79 Å². The van der Waals surface area contributed by atoms with Crippen LogP contribution in [0, 0.1) is 0 Å². The molecule has 2 nitrogen and oxygen atoms in total. The van der Waals surface area contributed by atoms with Crippen molar-refractivity contribution in [3.05, 3.63) is 24.3 Å². The predicted molar refractivity (Wildman–Crippen MR) is 52.4 cm³/mol. The van der Waals surface area contributed by atoms with Gasteiger partial charge in [0.15, 0.2) is 5.78 Å². The van der Waals surface area contributed by atoms with Gasteiger partial charge in [-0.2, -0.15) is 0 Å². The number of aliphatic hydroxyl groups excluding tert-OH is 1. The summed E-state index contributed by atoms with van der Waals surface area (Å²) in [6.45, 7) is 3.58. The molecule has 0 aromatic rings. The number of carbonyl (C=O) groups is 1. The van der Waals surface area contributed by atoms with Crippen LogP contribution < -0.4 is 0 Å². The average molecular weight is 180 g/mol. The zero-order valence-electron chi connectivity index (χ0n) is 7.83. The van der Waals surface area contributed by atoms with Crippen LogP contribution in [0.2, 0.25) is 0 Å². The van der Waals surface area contributed by atoms with Crippen molar-refractivity contribution in [1.29, 1.82) is 0 Å². The summed E-state index contributed by atoms with van der Waals surface area (Å²) >= 11 is 0. The van der Waals surface area contributed by atoms with Crippen LogP contribution >= 0.6 is 0 Å². The summed E-state index contributed by atoms with van der Waals surface area (Å²) in [5.41, 5.74) is 0.619. The van der Waals surface area contributed by atoms with Gasteiger partial charge in [-0.1, -0.05) is 12.2 Å². The van der Waals surface area contributed by atoms with Crippen LogP contribution in [-0.4, -0.2) is 17.0 Å². The molecule has 0 amide bonds. The van der Waals surface area contributed by atoms with Gasteiger partial charge in [0.2, 0.25) is 0 Å². The lowest BCUT2D eigenvalue weighted by Crippen LogP contribution is -2.20. The number of hydrogen-bond donors (Lipinski definition) is 1. The Morgan fingerprint density at radius 1 is 1.69 bits per heavy atom. The Hall–Kier alpha value is -0.890. The third-order valence-corrected chi connectivity index (χ3v) is 2.30. The summed E-state index contributed by atoms with van der Waals surface area (Å²) < 4.78 is 0. The Morgan fingerprint density at radius 2 is 2.46 bits per heavy atom. The molecule has 72 valence electrons. The van der Waals surface area contributed by atoms with Crippen LogP contribution in [0.4, 0.5) is 0 Å². The highest BCUT2D eigenvalue weighted by Crippen LogP contribution is 2.19. The molecular formula is C11H16O2. The summed E-state index contributed by atoms with van der Waals surface area (Å²) in [4.78, 5) is 11.3. The quantitative estimate of drug-likeness (QED) is 0.672. The van der Waals surface area contributed by atoms with Crippen LogP contribution in [0.5, 0.6) is 0 Å². The van der Waals surface area contributed by atoms with Gasteiger partial charge in [0.25, 0.3) is 0 Å². The third-order valence-electron chi connectivity index (χ3n) is 2.30. The Bertz CT molecular complexity index is 228. The largest absolute Gasteiger partial charge is 0.388 e. The van der Waals surface area contributed by atoms with Gasteiger partial charge >= 0.3 is 0 Å². The molecule has 0 unspecified atom stereocenters. The first-order valence-corrected chi connectivity index (χ1v) is 4.78. The minimum Gasteiger partial charge on any atom is -0.388 e. The maximum absolute atomic E-state index is 11.3. The lowest BCUT2D eigenvalue weighted by molar-refractivity contribution is -0.117. The normalized spacial score (nSPS) is 19.5. The highest BCUT2D eigenvalue weighted by Gasteiger charge is 2.19. The average Bonchev–Trinajstić information content (AvgIpc) is 2.15. The zero-order valence-corrected chi connectivity index (χ0v) is 7.83. The molecule has 0 radical (unpaired) electrons. The van der Waals surface area contributed by atoms with Crippen molar-refractivity contribution >= 4 is 5.78 Å². The first-order chi connectivity index (χ1) is 6.25. The zero-order chi connectivity index (χ0) is 9.68. The molecule has 1 rings (SSSR count). The number of aliphatic hydroxyl groups is 1. The van der Waals surface area contributed by atoms with E-state index in [0.717, 1.165) is 19.3 Å². The Balaban J connectivity index is 2.53.